The molecule has 0 aliphatic carbocycles. The second-order valence-electron chi connectivity index (χ2n) is 8.40. The number of carbonyl (C=O) groups excluding carboxylic acids is 1. The molecule has 0 radical (unpaired) electrons. The zero-order chi connectivity index (χ0) is 24.9. The van der Waals surface area contributed by atoms with Gasteiger partial charge in [-0.3, -0.25) is 9.69 Å². The smallest absolute Gasteiger partial charge is 0.251 e. The van der Waals surface area contributed by atoms with Gasteiger partial charge in [0, 0.05) is 37.3 Å². The Kier molecular flexibility index (Phi) is 7.94. The van der Waals surface area contributed by atoms with Crippen LogP contribution >= 0.6 is 23.2 Å². The number of nitrogens with one attached hydrogen (secondary N) is 1. The molecule has 1 amide bonds. The topological polar surface area (TPSA) is 60.2 Å². The van der Waals surface area contributed by atoms with Crippen molar-refractivity contribution in [2.45, 2.75) is 12.1 Å². The predicted octanol–water partition coefficient (Wildman–Crippen LogP) is 5.50. The third-order valence-electron chi connectivity index (χ3n) is 6.43. The number of nitrogens with zero attached hydrogens (tertiary/aromatic N) is 3. The van der Waals surface area contributed by atoms with Crippen molar-refractivity contribution >= 4 is 40.5 Å². The lowest BCUT2D eigenvalue weighted by atomic mass is 9.97. The Morgan fingerprint density at radius 1 is 1.11 bits per heavy atom. The Balaban J connectivity index is 1.67. The number of benzene rings is 3. The molecular weight excluding hydrogens is 483 g/mol. The first-order valence-electron chi connectivity index (χ1n) is 11.3. The van der Waals surface area contributed by atoms with E-state index < -0.39 is 0 Å². The molecule has 6 nitrogen and oxygen atoms in total. The molecule has 1 aliphatic rings. The number of hydrogen-bond acceptors (Lipinski definition) is 4. The molecular formula is C27H26Cl2N4O2. The molecule has 2 atom stereocenters. The van der Waals surface area contributed by atoms with E-state index in [4.69, 9.17) is 29.8 Å². The van der Waals surface area contributed by atoms with Gasteiger partial charge in [0.1, 0.15) is 0 Å². The van der Waals surface area contributed by atoms with Crippen LogP contribution in [-0.2, 0) is 0 Å². The van der Waals surface area contributed by atoms with Crippen LogP contribution in [0.3, 0.4) is 0 Å². The van der Waals surface area contributed by atoms with Gasteiger partial charge in [0.2, 0.25) is 0 Å². The first-order valence-corrected chi connectivity index (χ1v) is 12.1. The molecule has 3 aromatic rings. The highest BCUT2D eigenvalue weighted by molar-refractivity contribution is 6.33. The van der Waals surface area contributed by atoms with Crippen molar-refractivity contribution in [3.63, 3.8) is 0 Å². The summed E-state index contributed by atoms with van der Waals surface area (Å²) in [5.74, 6) is -0.187. The third-order valence-corrected chi connectivity index (χ3v) is 6.99. The fourth-order valence-corrected chi connectivity index (χ4v) is 4.99. The van der Waals surface area contributed by atoms with E-state index >= 15 is 0 Å². The summed E-state index contributed by atoms with van der Waals surface area (Å²) in [6, 6.07) is 20.3. The fraction of sp³-hybridized carbons (Fsp3) is 0.259. The zero-order valence-electron chi connectivity index (χ0n) is 19.3. The van der Waals surface area contributed by atoms with Crippen LogP contribution in [0.25, 0.3) is 4.85 Å². The van der Waals surface area contributed by atoms with Crippen molar-refractivity contribution < 1.29 is 9.90 Å². The molecule has 8 heteroatoms. The summed E-state index contributed by atoms with van der Waals surface area (Å²) in [4.78, 5) is 20.0. The van der Waals surface area contributed by atoms with E-state index in [1.54, 1.807) is 31.3 Å². The van der Waals surface area contributed by atoms with Gasteiger partial charge in [-0.05, 0) is 41.5 Å². The molecule has 1 aliphatic heterocycles. The summed E-state index contributed by atoms with van der Waals surface area (Å²) >= 11 is 12.8. The molecule has 0 aromatic heterocycles. The molecule has 0 saturated carbocycles. The highest BCUT2D eigenvalue weighted by Crippen LogP contribution is 2.38. The highest BCUT2D eigenvalue weighted by atomic mass is 35.5. The molecule has 1 saturated heterocycles. The largest absolute Gasteiger partial charge is 0.394 e. The second-order valence-corrected chi connectivity index (χ2v) is 9.25. The Bertz CT molecular complexity index is 1230. The van der Waals surface area contributed by atoms with Crippen LogP contribution in [0.5, 0.6) is 0 Å². The lowest BCUT2D eigenvalue weighted by Gasteiger charge is -2.46. The number of halogens is 2. The lowest BCUT2D eigenvalue weighted by molar-refractivity contribution is 0.0963. The summed E-state index contributed by atoms with van der Waals surface area (Å²) in [7, 11) is 1.59. The van der Waals surface area contributed by atoms with Crippen molar-refractivity contribution in [2.24, 2.45) is 0 Å². The van der Waals surface area contributed by atoms with E-state index in [-0.39, 0.29) is 24.6 Å². The summed E-state index contributed by atoms with van der Waals surface area (Å²) in [5, 5.41) is 14.1. The van der Waals surface area contributed by atoms with E-state index in [9.17, 15) is 9.90 Å². The maximum Gasteiger partial charge on any atom is 0.251 e. The Morgan fingerprint density at radius 3 is 2.43 bits per heavy atom. The molecule has 4 rings (SSSR count). The monoisotopic (exact) mass is 508 g/mol. The molecule has 1 heterocycles. The first kappa shape index (κ1) is 25.0. The molecule has 0 spiro atoms. The van der Waals surface area contributed by atoms with Crippen LogP contribution in [0.15, 0.2) is 66.7 Å². The maximum absolute atomic E-state index is 12.1. The van der Waals surface area contributed by atoms with Gasteiger partial charge in [0.05, 0.1) is 36.0 Å². The average Bonchev–Trinajstić information content (AvgIpc) is 2.89. The standard InChI is InChI=1S/C27H26Cl2N4O2/c1-30-22-10-5-19(6-11-22)26(17-34)32-13-14-33(25(16-32)18-3-8-21(28)9-4-18)24-12-7-20(15-23(24)29)27(35)31-2/h3-12,15,25-26,34H,13-14,16-17H2,2H3,(H,31,35)/t25-,26+/m0/s1. The highest BCUT2D eigenvalue weighted by Gasteiger charge is 2.33. The molecule has 1 fully saturated rings. The van der Waals surface area contributed by atoms with Crippen LogP contribution < -0.4 is 10.2 Å². The number of rotatable bonds is 6. The molecule has 35 heavy (non-hydrogen) atoms. The van der Waals surface area contributed by atoms with Crippen molar-refractivity contribution in [3.8, 4) is 0 Å². The number of piperazine rings is 1. The molecule has 3 aromatic carbocycles. The van der Waals surface area contributed by atoms with Gasteiger partial charge in [0.25, 0.3) is 5.91 Å². The van der Waals surface area contributed by atoms with Gasteiger partial charge in [0.15, 0.2) is 5.69 Å². The van der Waals surface area contributed by atoms with Crippen LogP contribution in [0.2, 0.25) is 10.0 Å². The average molecular weight is 509 g/mol. The number of aliphatic hydroxyl groups is 1. The summed E-state index contributed by atoms with van der Waals surface area (Å²) in [5.41, 5.74) is 3.97. The number of amides is 1. The fourth-order valence-electron chi connectivity index (χ4n) is 4.57. The second kappa shape index (κ2) is 11.1. The van der Waals surface area contributed by atoms with Gasteiger partial charge < -0.3 is 15.3 Å². The van der Waals surface area contributed by atoms with Crippen molar-refractivity contribution in [2.75, 3.05) is 38.2 Å². The van der Waals surface area contributed by atoms with Crippen molar-refractivity contribution in [1.29, 1.82) is 0 Å². The SMILES string of the molecule is [C-]#[N+]c1ccc([C@@H](CO)N2CCN(c3ccc(C(=O)NC)cc3Cl)[C@H](c3ccc(Cl)cc3)C2)cc1. The van der Waals surface area contributed by atoms with E-state index in [1.807, 2.05) is 42.5 Å². The first-order chi connectivity index (χ1) is 16.9. The van der Waals surface area contributed by atoms with E-state index in [1.165, 1.54) is 0 Å². The summed E-state index contributed by atoms with van der Waals surface area (Å²) in [6.45, 7) is 9.16. The van der Waals surface area contributed by atoms with Crippen LogP contribution in [-0.4, -0.2) is 49.2 Å². The lowest BCUT2D eigenvalue weighted by Crippen LogP contribution is -2.50. The van der Waals surface area contributed by atoms with Crippen molar-refractivity contribution in [3.05, 3.63) is 105 Å². The van der Waals surface area contributed by atoms with E-state index in [0.717, 1.165) is 16.8 Å². The van der Waals surface area contributed by atoms with Crippen molar-refractivity contribution in [1.82, 2.24) is 10.2 Å². The van der Waals surface area contributed by atoms with Gasteiger partial charge in [-0.25, -0.2) is 4.85 Å². The van der Waals surface area contributed by atoms with Gasteiger partial charge in [-0.15, -0.1) is 0 Å². The maximum atomic E-state index is 12.1. The Labute approximate surface area is 215 Å². The molecule has 180 valence electrons. The Hall–Kier alpha value is -3.08. The Morgan fingerprint density at radius 2 is 1.83 bits per heavy atom. The van der Waals surface area contributed by atoms with Crippen LogP contribution in [0, 0.1) is 6.57 Å². The normalized spacial score (nSPS) is 17.0. The zero-order valence-corrected chi connectivity index (χ0v) is 20.8. The number of carbonyl (C=O) groups is 1. The molecule has 0 bridgehead atoms. The van der Waals surface area contributed by atoms with Gasteiger partial charge in [-0.2, -0.15) is 0 Å². The van der Waals surface area contributed by atoms with Crippen LogP contribution in [0.1, 0.15) is 33.6 Å². The van der Waals surface area contributed by atoms with E-state index in [0.29, 0.717) is 40.9 Å². The summed E-state index contributed by atoms with van der Waals surface area (Å²) < 4.78 is 0. The summed E-state index contributed by atoms with van der Waals surface area (Å²) in [6.07, 6.45) is 0. The number of aliphatic hydroxyl groups excluding tert-OH is 1. The van der Waals surface area contributed by atoms with E-state index in [2.05, 4.69) is 20.0 Å². The minimum absolute atomic E-state index is 0.0354. The van der Waals surface area contributed by atoms with Gasteiger partial charge in [-0.1, -0.05) is 59.6 Å². The van der Waals surface area contributed by atoms with Gasteiger partial charge >= 0.3 is 0 Å². The predicted molar refractivity (Wildman–Crippen MR) is 140 cm³/mol. The molecule has 0 unspecified atom stereocenters. The minimum Gasteiger partial charge on any atom is -0.394 e. The minimum atomic E-state index is -0.196. The molecule has 2 N–H and O–H groups in total. The number of hydrogen-bond donors (Lipinski definition) is 2. The third kappa shape index (κ3) is 5.44. The number of anilines is 1. The quantitative estimate of drug-likeness (QED) is 0.431. The van der Waals surface area contributed by atoms with Crippen LogP contribution in [0.4, 0.5) is 11.4 Å².